The number of ether oxygens (including phenoxy) is 1. The minimum absolute atomic E-state index is 0.0810. The first-order valence-electron chi connectivity index (χ1n) is 13.3. The largest absolute Gasteiger partial charge is 0.367 e. The number of hydrogen-bond donors (Lipinski definition) is 0. The monoisotopic (exact) mass is 569 g/mol. The van der Waals surface area contributed by atoms with Crippen molar-refractivity contribution >= 4 is 23.3 Å². The van der Waals surface area contributed by atoms with Crippen LogP contribution in [-0.4, -0.2) is 62.2 Å². The van der Waals surface area contributed by atoms with Gasteiger partial charge in [0, 0.05) is 30.8 Å². The topological polar surface area (TPSA) is 97.6 Å². The smallest absolute Gasteiger partial charge is 0.261 e. The molecule has 0 radical (unpaired) electrons. The number of carbonyl (C=O) groups is 3. The van der Waals surface area contributed by atoms with Crippen LogP contribution in [0.2, 0.25) is 0 Å². The second-order valence-electron chi connectivity index (χ2n) is 9.98. The van der Waals surface area contributed by atoms with Crippen LogP contribution in [0.4, 0.5) is 8.78 Å². The number of fused-ring (bicyclic) bond motifs is 1. The Balaban J connectivity index is 1.10. The molecule has 9 nitrogen and oxygen atoms in total. The number of amides is 3. The Labute approximate surface area is 239 Å². The average molecular weight is 570 g/mol. The molecule has 0 spiro atoms. The zero-order valence-electron chi connectivity index (χ0n) is 22.4. The van der Waals surface area contributed by atoms with Crippen molar-refractivity contribution in [3.8, 4) is 5.69 Å². The number of nitrogens with zero attached hydrogens (tertiary/aromatic N) is 5. The molecule has 3 aromatic carbocycles. The summed E-state index contributed by atoms with van der Waals surface area (Å²) >= 11 is 0. The molecular weight excluding hydrogens is 544 g/mol. The molecule has 11 heteroatoms. The zero-order chi connectivity index (χ0) is 29.2. The van der Waals surface area contributed by atoms with Gasteiger partial charge in [-0.05, 0) is 29.7 Å². The van der Waals surface area contributed by atoms with Crippen LogP contribution in [0, 0.1) is 11.6 Å². The maximum absolute atomic E-state index is 15.2. The summed E-state index contributed by atoms with van der Waals surface area (Å²) in [6.07, 6.45) is 3.35. The molecule has 0 fully saturated rings. The number of halogens is 2. The number of carbonyl (C=O) groups excluding carboxylic acids is 3. The predicted octanol–water partition coefficient (Wildman–Crippen LogP) is 4.17. The van der Waals surface area contributed by atoms with Gasteiger partial charge in [0.2, 0.25) is 5.91 Å². The van der Waals surface area contributed by atoms with E-state index >= 15 is 8.78 Å². The van der Waals surface area contributed by atoms with Gasteiger partial charge in [-0.2, -0.15) is 0 Å². The number of rotatable bonds is 8. The molecule has 2 aliphatic rings. The van der Waals surface area contributed by atoms with Crippen molar-refractivity contribution in [1.29, 1.82) is 0 Å². The second kappa shape index (κ2) is 11.5. The third kappa shape index (κ3) is 5.34. The van der Waals surface area contributed by atoms with Gasteiger partial charge in [-0.1, -0.05) is 53.8 Å². The van der Waals surface area contributed by atoms with Crippen molar-refractivity contribution in [2.75, 3.05) is 19.7 Å². The quantitative estimate of drug-likeness (QED) is 0.296. The van der Waals surface area contributed by atoms with Crippen molar-refractivity contribution in [1.82, 2.24) is 24.8 Å². The van der Waals surface area contributed by atoms with E-state index in [0.717, 1.165) is 22.6 Å². The highest BCUT2D eigenvalue weighted by molar-refractivity contribution is 6.21. The van der Waals surface area contributed by atoms with Gasteiger partial charge in [0.25, 0.3) is 11.8 Å². The third-order valence-electron chi connectivity index (χ3n) is 7.25. The predicted molar refractivity (Wildman–Crippen MR) is 147 cm³/mol. The van der Waals surface area contributed by atoms with Crippen molar-refractivity contribution in [2.45, 2.75) is 19.6 Å². The molecule has 42 heavy (non-hydrogen) atoms. The Kier molecular flexibility index (Phi) is 7.41. The van der Waals surface area contributed by atoms with E-state index in [2.05, 4.69) is 10.3 Å². The first-order valence-corrected chi connectivity index (χ1v) is 13.3. The Bertz CT molecular complexity index is 1660. The van der Waals surface area contributed by atoms with Crippen molar-refractivity contribution in [2.24, 2.45) is 0 Å². The zero-order valence-corrected chi connectivity index (χ0v) is 22.4. The van der Waals surface area contributed by atoms with Crippen molar-refractivity contribution < 1.29 is 27.9 Å². The van der Waals surface area contributed by atoms with Gasteiger partial charge < -0.3 is 9.64 Å². The lowest BCUT2D eigenvalue weighted by atomic mass is 9.98. The molecule has 6 rings (SSSR count). The molecule has 0 bridgehead atoms. The summed E-state index contributed by atoms with van der Waals surface area (Å²) in [6.45, 7) is 0.634. The van der Waals surface area contributed by atoms with E-state index in [1.165, 1.54) is 10.9 Å². The molecule has 0 saturated carbocycles. The first kappa shape index (κ1) is 27.2. The maximum Gasteiger partial charge on any atom is 0.261 e. The molecule has 0 saturated heterocycles. The molecule has 2 aliphatic heterocycles. The standard InChI is InChI=1S/C31H25F2N5O4/c32-26-14-23(38-17-22(34-35-38)16-37-30(40)24-8-4-5-9-25(24)31(37)41)15-27(33)29(26)21-10-12-36(13-11-21)28(39)19-42-18-20-6-2-1-3-7-20/h1-10,14-15,17H,11-13,16,18-19H2. The van der Waals surface area contributed by atoms with E-state index in [1.54, 1.807) is 35.2 Å². The normalized spacial score (nSPS) is 14.8. The van der Waals surface area contributed by atoms with Crippen LogP contribution in [0.15, 0.2) is 79.0 Å². The minimum Gasteiger partial charge on any atom is -0.367 e. The summed E-state index contributed by atoms with van der Waals surface area (Å²) < 4.78 is 37.1. The number of benzene rings is 3. The SMILES string of the molecule is O=C(COCc1ccccc1)N1CC=C(c2c(F)cc(-n3cc(CN4C(=O)c5ccccc5C4=O)nn3)cc2F)CC1. The lowest BCUT2D eigenvalue weighted by Gasteiger charge is -2.27. The van der Waals surface area contributed by atoms with Gasteiger partial charge in [-0.15, -0.1) is 5.10 Å². The molecule has 0 aliphatic carbocycles. The van der Waals surface area contributed by atoms with Crippen LogP contribution >= 0.6 is 0 Å². The minimum atomic E-state index is -0.778. The van der Waals surface area contributed by atoms with E-state index in [4.69, 9.17) is 4.74 Å². The highest BCUT2D eigenvalue weighted by atomic mass is 19.1. The van der Waals surface area contributed by atoms with Crippen LogP contribution in [0.5, 0.6) is 0 Å². The summed E-state index contributed by atoms with van der Waals surface area (Å²) in [5.41, 5.74) is 2.28. The molecule has 3 amide bonds. The summed E-state index contributed by atoms with van der Waals surface area (Å²) in [7, 11) is 0. The average Bonchev–Trinajstić information content (AvgIpc) is 3.57. The fourth-order valence-electron chi connectivity index (χ4n) is 5.09. The Morgan fingerprint density at radius 3 is 2.24 bits per heavy atom. The van der Waals surface area contributed by atoms with Crippen LogP contribution in [-0.2, 0) is 22.7 Å². The molecule has 0 N–H and O–H groups in total. The summed E-state index contributed by atoms with van der Waals surface area (Å²) in [6, 6.07) is 18.3. The highest BCUT2D eigenvalue weighted by Gasteiger charge is 2.35. The van der Waals surface area contributed by atoms with E-state index in [0.29, 0.717) is 29.9 Å². The number of hydrogen-bond acceptors (Lipinski definition) is 6. The lowest BCUT2D eigenvalue weighted by Crippen LogP contribution is -2.37. The van der Waals surface area contributed by atoms with Crippen molar-refractivity contribution in [3.05, 3.63) is 119 Å². The van der Waals surface area contributed by atoms with E-state index < -0.39 is 23.4 Å². The van der Waals surface area contributed by atoms with Gasteiger partial charge in [0.15, 0.2) is 0 Å². The Hall–Kier alpha value is -5.03. The molecule has 0 unspecified atom stereocenters. The summed E-state index contributed by atoms with van der Waals surface area (Å²) in [4.78, 5) is 40.5. The Morgan fingerprint density at radius 1 is 0.929 bits per heavy atom. The van der Waals surface area contributed by atoms with Crippen LogP contribution in [0.3, 0.4) is 0 Å². The number of aromatic nitrogens is 3. The lowest BCUT2D eigenvalue weighted by molar-refractivity contribution is -0.136. The molecule has 0 atom stereocenters. The van der Waals surface area contributed by atoms with Crippen molar-refractivity contribution in [3.63, 3.8) is 0 Å². The summed E-state index contributed by atoms with van der Waals surface area (Å²) in [5, 5.41) is 7.92. The van der Waals surface area contributed by atoms with Crippen LogP contribution in [0.1, 0.15) is 44.0 Å². The highest BCUT2D eigenvalue weighted by Crippen LogP contribution is 2.30. The molecule has 1 aromatic heterocycles. The van der Waals surface area contributed by atoms with Crippen LogP contribution in [0.25, 0.3) is 11.3 Å². The van der Waals surface area contributed by atoms with Crippen LogP contribution < -0.4 is 0 Å². The fraction of sp³-hybridized carbons (Fsp3) is 0.194. The second-order valence-corrected chi connectivity index (χ2v) is 9.98. The molecule has 3 heterocycles. The molecule has 4 aromatic rings. The van der Waals surface area contributed by atoms with E-state index in [1.807, 2.05) is 30.3 Å². The van der Waals surface area contributed by atoms with Gasteiger partial charge in [0.1, 0.15) is 23.9 Å². The molecule has 212 valence electrons. The summed E-state index contributed by atoms with van der Waals surface area (Å²) in [5.74, 6) is -2.63. The fourth-order valence-corrected chi connectivity index (χ4v) is 5.09. The van der Waals surface area contributed by atoms with E-state index in [9.17, 15) is 14.4 Å². The van der Waals surface area contributed by atoms with Gasteiger partial charge in [-0.25, -0.2) is 13.5 Å². The van der Waals surface area contributed by atoms with Gasteiger partial charge in [-0.3, -0.25) is 19.3 Å². The number of imide groups is 1. The first-order chi connectivity index (χ1) is 20.4. The van der Waals surface area contributed by atoms with Gasteiger partial charge in [0.05, 0.1) is 36.2 Å². The third-order valence-corrected chi connectivity index (χ3v) is 7.25. The maximum atomic E-state index is 15.2. The van der Waals surface area contributed by atoms with Gasteiger partial charge >= 0.3 is 0 Å². The molecular formula is C31H25F2N5O4. The Morgan fingerprint density at radius 2 is 1.60 bits per heavy atom. The van der Waals surface area contributed by atoms with E-state index in [-0.39, 0.29) is 49.0 Å².